The van der Waals surface area contributed by atoms with Crippen molar-refractivity contribution in [1.29, 1.82) is 0 Å². The van der Waals surface area contributed by atoms with E-state index < -0.39 is 0 Å². The second kappa shape index (κ2) is 6.95. The van der Waals surface area contributed by atoms with Crippen LogP contribution < -0.4 is 10.6 Å². The first kappa shape index (κ1) is 15.1. The minimum atomic E-state index is -0.147. The SMILES string of the molecule is CCCOC1CCCN(c2ccc(C(C)N)c(O)c2)C1. The largest absolute Gasteiger partial charge is 0.508 e. The maximum Gasteiger partial charge on any atom is 0.122 e. The Morgan fingerprint density at radius 1 is 1.50 bits per heavy atom. The van der Waals surface area contributed by atoms with Crippen molar-refractivity contribution in [3.63, 3.8) is 0 Å². The summed E-state index contributed by atoms with van der Waals surface area (Å²) in [4.78, 5) is 2.29. The third kappa shape index (κ3) is 3.64. The van der Waals surface area contributed by atoms with Crippen molar-refractivity contribution in [1.82, 2.24) is 0 Å². The van der Waals surface area contributed by atoms with Gasteiger partial charge in [-0.2, -0.15) is 0 Å². The summed E-state index contributed by atoms with van der Waals surface area (Å²) in [5.74, 6) is 0.286. The maximum absolute atomic E-state index is 10.1. The van der Waals surface area contributed by atoms with Gasteiger partial charge in [0.2, 0.25) is 0 Å². The van der Waals surface area contributed by atoms with Gasteiger partial charge >= 0.3 is 0 Å². The van der Waals surface area contributed by atoms with Gasteiger partial charge in [0.15, 0.2) is 0 Å². The number of nitrogens with zero attached hydrogens (tertiary/aromatic N) is 1. The van der Waals surface area contributed by atoms with E-state index in [-0.39, 0.29) is 11.8 Å². The van der Waals surface area contributed by atoms with E-state index in [0.29, 0.717) is 6.10 Å². The summed E-state index contributed by atoms with van der Waals surface area (Å²) in [6.45, 7) is 6.75. The van der Waals surface area contributed by atoms with Crippen LogP contribution in [0.5, 0.6) is 5.75 Å². The Morgan fingerprint density at radius 2 is 2.30 bits per heavy atom. The molecular formula is C16H26N2O2. The van der Waals surface area contributed by atoms with Crippen LogP contribution in [0, 0.1) is 0 Å². The molecule has 1 aromatic rings. The molecule has 20 heavy (non-hydrogen) atoms. The van der Waals surface area contributed by atoms with E-state index in [4.69, 9.17) is 10.5 Å². The van der Waals surface area contributed by atoms with Crippen molar-refractivity contribution >= 4 is 5.69 Å². The molecule has 0 bridgehead atoms. The van der Waals surface area contributed by atoms with Gasteiger partial charge in [-0.05, 0) is 32.3 Å². The summed E-state index contributed by atoms with van der Waals surface area (Å²) in [6, 6.07) is 5.64. The molecule has 0 saturated carbocycles. The summed E-state index contributed by atoms with van der Waals surface area (Å²) >= 11 is 0. The third-order valence-corrected chi connectivity index (χ3v) is 3.81. The Labute approximate surface area is 121 Å². The fraction of sp³-hybridized carbons (Fsp3) is 0.625. The number of piperidine rings is 1. The lowest BCUT2D eigenvalue weighted by atomic mass is 10.0. The molecular weight excluding hydrogens is 252 g/mol. The molecule has 1 heterocycles. The molecule has 0 aliphatic carbocycles. The monoisotopic (exact) mass is 278 g/mol. The highest BCUT2D eigenvalue weighted by Gasteiger charge is 2.21. The number of ether oxygens (including phenoxy) is 1. The molecule has 2 unspecified atom stereocenters. The molecule has 2 rings (SSSR count). The van der Waals surface area contributed by atoms with Crippen molar-refractivity contribution in [2.45, 2.75) is 45.3 Å². The molecule has 112 valence electrons. The molecule has 0 aromatic heterocycles. The van der Waals surface area contributed by atoms with Crippen molar-refractivity contribution in [3.8, 4) is 5.75 Å². The highest BCUT2D eigenvalue weighted by molar-refractivity contribution is 5.54. The van der Waals surface area contributed by atoms with E-state index in [2.05, 4.69) is 11.8 Å². The van der Waals surface area contributed by atoms with E-state index in [0.717, 1.165) is 50.2 Å². The van der Waals surface area contributed by atoms with E-state index in [1.165, 1.54) is 0 Å². The second-order valence-corrected chi connectivity index (χ2v) is 5.61. The molecule has 4 nitrogen and oxygen atoms in total. The molecule has 1 aliphatic heterocycles. The van der Waals surface area contributed by atoms with Crippen LogP contribution in [0.2, 0.25) is 0 Å². The van der Waals surface area contributed by atoms with Crippen molar-refractivity contribution in [2.75, 3.05) is 24.6 Å². The lowest BCUT2D eigenvalue weighted by molar-refractivity contribution is 0.0440. The number of benzene rings is 1. The Hall–Kier alpha value is -1.26. The van der Waals surface area contributed by atoms with E-state index in [1.54, 1.807) is 0 Å². The molecule has 1 aliphatic rings. The van der Waals surface area contributed by atoms with Crippen molar-refractivity contribution < 1.29 is 9.84 Å². The van der Waals surface area contributed by atoms with Gasteiger partial charge in [0.1, 0.15) is 5.75 Å². The van der Waals surface area contributed by atoms with Crippen molar-refractivity contribution in [3.05, 3.63) is 23.8 Å². The number of hydrogen-bond donors (Lipinski definition) is 2. The summed E-state index contributed by atoms with van der Waals surface area (Å²) in [6.07, 6.45) is 3.62. The Bertz CT molecular complexity index is 434. The molecule has 2 atom stereocenters. The topological polar surface area (TPSA) is 58.7 Å². The first-order valence-electron chi connectivity index (χ1n) is 7.57. The fourth-order valence-electron chi connectivity index (χ4n) is 2.71. The van der Waals surface area contributed by atoms with Crippen LogP contribution in [0.1, 0.15) is 44.7 Å². The number of aromatic hydroxyl groups is 1. The van der Waals surface area contributed by atoms with Gasteiger partial charge in [-0.25, -0.2) is 0 Å². The summed E-state index contributed by atoms with van der Waals surface area (Å²) < 4.78 is 5.85. The number of rotatable bonds is 5. The maximum atomic E-state index is 10.1. The molecule has 3 N–H and O–H groups in total. The summed E-state index contributed by atoms with van der Waals surface area (Å²) in [5.41, 5.74) is 7.67. The fourth-order valence-corrected chi connectivity index (χ4v) is 2.71. The van der Waals surface area contributed by atoms with Crippen LogP contribution in [0.25, 0.3) is 0 Å². The lowest BCUT2D eigenvalue weighted by Crippen LogP contribution is -2.39. The average molecular weight is 278 g/mol. The minimum Gasteiger partial charge on any atom is -0.508 e. The Balaban J connectivity index is 2.05. The molecule has 1 fully saturated rings. The lowest BCUT2D eigenvalue weighted by Gasteiger charge is -2.34. The van der Waals surface area contributed by atoms with E-state index in [9.17, 15) is 5.11 Å². The normalized spacial score (nSPS) is 20.9. The number of nitrogens with two attached hydrogens (primary N) is 1. The summed E-state index contributed by atoms with van der Waals surface area (Å²) in [5, 5.41) is 10.1. The van der Waals surface area contributed by atoms with E-state index >= 15 is 0 Å². The zero-order valence-corrected chi connectivity index (χ0v) is 12.5. The van der Waals surface area contributed by atoms with Gasteiger partial charge in [-0.15, -0.1) is 0 Å². The van der Waals surface area contributed by atoms with Gasteiger partial charge in [-0.1, -0.05) is 13.0 Å². The highest BCUT2D eigenvalue weighted by Crippen LogP contribution is 2.29. The van der Waals surface area contributed by atoms with Crippen LogP contribution in [0.15, 0.2) is 18.2 Å². The van der Waals surface area contributed by atoms with Crippen molar-refractivity contribution in [2.24, 2.45) is 5.73 Å². The van der Waals surface area contributed by atoms with Gasteiger partial charge in [0, 0.05) is 43.1 Å². The van der Waals surface area contributed by atoms with Crippen LogP contribution in [-0.4, -0.2) is 30.9 Å². The number of phenolic OH excluding ortho intramolecular Hbond substituents is 1. The van der Waals surface area contributed by atoms with E-state index in [1.807, 2.05) is 25.1 Å². The van der Waals surface area contributed by atoms with Crippen LogP contribution in [0.3, 0.4) is 0 Å². The Kier molecular flexibility index (Phi) is 5.26. The van der Waals surface area contributed by atoms with Gasteiger partial charge in [0.25, 0.3) is 0 Å². The highest BCUT2D eigenvalue weighted by atomic mass is 16.5. The molecule has 0 spiro atoms. The van der Waals surface area contributed by atoms with Crippen LogP contribution in [-0.2, 0) is 4.74 Å². The number of hydrogen-bond acceptors (Lipinski definition) is 4. The van der Waals surface area contributed by atoms with Gasteiger partial charge in [0.05, 0.1) is 6.10 Å². The smallest absolute Gasteiger partial charge is 0.122 e. The average Bonchev–Trinajstić information content (AvgIpc) is 2.45. The minimum absolute atomic E-state index is 0.147. The number of phenols is 1. The van der Waals surface area contributed by atoms with Gasteiger partial charge < -0.3 is 20.5 Å². The number of anilines is 1. The zero-order valence-electron chi connectivity index (χ0n) is 12.5. The molecule has 1 saturated heterocycles. The predicted octanol–water partition coefficient (Wildman–Crippen LogP) is 2.81. The summed E-state index contributed by atoms with van der Waals surface area (Å²) in [7, 11) is 0. The second-order valence-electron chi connectivity index (χ2n) is 5.61. The van der Waals surface area contributed by atoms with Crippen LogP contribution in [0.4, 0.5) is 5.69 Å². The van der Waals surface area contributed by atoms with Crippen LogP contribution >= 0.6 is 0 Å². The first-order valence-corrected chi connectivity index (χ1v) is 7.57. The predicted molar refractivity (Wildman–Crippen MR) is 82.2 cm³/mol. The molecule has 4 heteroatoms. The first-order chi connectivity index (χ1) is 9.61. The Morgan fingerprint density at radius 3 is 2.95 bits per heavy atom. The standard InChI is InChI=1S/C16H26N2O2/c1-3-9-20-14-5-4-8-18(11-14)13-6-7-15(12(2)17)16(19)10-13/h6-7,10,12,14,19H,3-5,8-9,11,17H2,1-2H3. The molecule has 0 amide bonds. The molecule has 0 radical (unpaired) electrons. The quantitative estimate of drug-likeness (QED) is 0.869. The third-order valence-electron chi connectivity index (χ3n) is 3.81. The zero-order chi connectivity index (χ0) is 14.5. The molecule has 1 aromatic carbocycles. The van der Waals surface area contributed by atoms with Gasteiger partial charge in [-0.3, -0.25) is 0 Å².